The Balaban J connectivity index is 2.26. The van der Waals surface area contributed by atoms with Crippen LogP contribution >= 0.6 is 0 Å². The van der Waals surface area contributed by atoms with E-state index in [1.54, 1.807) is 0 Å². The number of nitrogens with one attached hydrogen (secondary N) is 1. The van der Waals surface area contributed by atoms with Crippen LogP contribution in [0.2, 0.25) is 0 Å². The molecule has 1 fully saturated rings. The normalized spacial score (nSPS) is 18.8. The van der Waals surface area contributed by atoms with E-state index in [1.165, 1.54) is 32.1 Å². The van der Waals surface area contributed by atoms with Gasteiger partial charge in [0.05, 0.1) is 0 Å². The number of anilines is 2. The quantitative estimate of drug-likeness (QED) is 0.823. The molecule has 4 heteroatoms. The van der Waals surface area contributed by atoms with Gasteiger partial charge in [0.25, 0.3) is 0 Å². The molecule has 0 aromatic carbocycles. The number of piperidine rings is 1. The van der Waals surface area contributed by atoms with Gasteiger partial charge < -0.3 is 10.2 Å². The van der Waals surface area contributed by atoms with Crippen molar-refractivity contribution < 1.29 is 0 Å². The lowest BCUT2D eigenvalue weighted by atomic mass is 9.98. The third-order valence-electron chi connectivity index (χ3n) is 4.13. The average Bonchev–Trinajstić information content (AvgIpc) is 2.49. The van der Waals surface area contributed by atoms with E-state index < -0.39 is 0 Å². The minimum absolute atomic E-state index is 0.655. The van der Waals surface area contributed by atoms with E-state index in [-0.39, 0.29) is 0 Å². The Bertz CT molecular complexity index is 407. The highest BCUT2D eigenvalue weighted by atomic mass is 15.2. The van der Waals surface area contributed by atoms with Gasteiger partial charge in [-0.3, -0.25) is 0 Å². The van der Waals surface area contributed by atoms with E-state index in [0.717, 1.165) is 43.4 Å². The highest BCUT2D eigenvalue weighted by molar-refractivity contribution is 5.50. The maximum atomic E-state index is 4.84. The fraction of sp³-hybridized carbons (Fsp3) is 0.765. The van der Waals surface area contributed by atoms with Gasteiger partial charge in [-0.15, -0.1) is 0 Å². The first-order valence-corrected chi connectivity index (χ1v) is 8.66. The van der Waals surface area contributed by atoms with Crippen molar-refractivity contribution in [3.05, 3.63) is 11.9 Å². The van der Waals surface area contributed by atoms with Crippen molar-refractivity contribution in [1.29, 1.82) is 0 Å². The Morgan fingerprint density at radius 1 is 1.19 bits per heavy atom. The van der Waals surface area contributed by atoms with Gasteiger partial charge in [-0.05, 0) is 39.0 Å². The zero-order valence-electron chi connectivity index (χ0n) is 13.9. The maximum Gasteiger partial charge on any atom is 0.134 e. The number of nitrogens with zero attached hydrogens (tertiary/aromatic N) is 3. The molecule has 4 nitrogen and oxygen atoms in total. The molecule has 1 aliphatic heterocycles. The molecule has 2 heterocycles. The van der Waals surface area contributed by atoms with Crippen LogP contribution in [0.15, 0.2) is 6.07 Å². The number of rotatable bonds is 7. The highest BCUT2D eigenvalue weighted by Gasteiger charge is 2.23. The zero-order chi connectivity index (χ0) is 15.1. The maximum absolute atomic E-state index is 4.84. The van der Waals surface area contributed by atoms with E-state index >= 15 is 0 Å². The molecule has 1 aliphatic rings. The summed E-state index contributed by atoms with van der Waals surface area (Å²) in [6.07, 6.45) is 8.50. The zero-order valence-corrected chi connectivity index (χ0v) is 13.9. The van der Waals surface area contributed by atoms with Crippen LogP contribution in [0, 0.1) is 0 Å². The van der Waals surface area contributed by atoms with Crippen LogP contribution in [-0.2, 0) is 6.42 Å². The molecule has 1 aromatic rings. The van der Waals surface area contributed by atoms with Crippen LogP contribution in [0.4, 0.5) is 11.6 Å². The van der Waals surface area contributed by atoms with Crippen molar-refractivity contribution in [2.75, 3.05) is 23.3 Å². The second-order valence-electron chi connectivity index (χ2n) is 5.94. The van der Waals surface area contributed by atoms with Crippen molar-refractivity contribution in [3.8, 4) is 0 Å². The van der Waals surface area contributed by atoms with E-state index in [1.807, 2.05) is 0 Å². The summed E-state index contributed by atoms with van der Waals surface area (Å²) in [4.78, 5) is 12.0. The molecule has 0 saturated carbocycles. The van der Waals surface area contributed by atoms with Crippen LogP contribution in [-0.4, -0.2) is 29.1 Å². The van der Waals surface area contributed by atoms with Crippen LogP contribution in [0.5, 0.6) is 0 Å². The molecule has 0 amide bonds. The predicted octanol–water partition coefficient (Wildman–Crippen LogP) is 4.02. The fourth-order valence-corrected chi connectivity index (χ4v) is 3.17. The highest BCUT2D eigenvalue weighted by Crippen LogP contribution is 2.27. The van der Waals surface area contributed by atoms with Gasteiger partial charge >= 0.3 is 0 Å². The lowest BCUT2D eigenvalue weighted by Gasteiger charge is -2.37. The lowest BCUT2D eigenvalue weighted by molar-refractivity contribution is 0.431. The first kappa shape index (κ1) is 16.1. The Morgan fingerprint density at radius 3 is 2.76 bits per heavy atom. The van der Waals surface area contributed by atoms with Crippen LogP contribution in [0.3, 0.4) is 0 Å². The van der Waals surface area contributed by atoms with E-state index in [9.17, 15) is 0 Å². The summed E-state index contributed by atoms with van der Waals surface area (Å²) in [7, 11) is 0. The van der Waals surface area contributed by atoms with Crippen molar-refractivity contribution in [2.45, 2.75) is 71.8 Å². The molecule has 1 aromatic heterocycles. The van der Waals surface area contributed by atoms with E-state index in [0.29, 0.717) is 6.04 Å². The molecule has 2 rings (SSSR count). The van der Waals surface area contributed by atoms with Crippen molar-refractivity contribution >= 4 is 11.6 Å². The topological polar surface area (TPSA) is 41.1 Å². The largest absolute Gasteiger partial charge is 0.370 e. The Hall–Kier alpha value is -1.32. The summed E-state index contributed by atoms with van der Waals surface area (Å²) in [5.74, 6) is 3.08. The molecule has 118 valence electrons. The van der Waals surface area contributed by atoms with Crippen LogP contribution in [0.25, 0.3) is 0 Å². The smallest absolute Gasteiger partial charge is 0.134 e. The second kappa shape index (κ2) is 8.20. The molecule has 0 aliphatic carbocycles. The number of hydrogen-bond donors (Lipinski definition) is 1. The molecule has 1 N–H and O–H groups in total. The number of aromatic nitrogens is 2. The third-order valence-corrected chi connectivity index (χ3v) is 4.13. The third kappa shape index (κ3) is 4.32. The lowest BCUT2D eigenvalue weighted by Crippen LogP contribution is -2.40. The molecule has 0 spiro atoms. The summed E-state index contributed by atoms with van der Waals surface area (Å²) in [5.41, 5.74) is 0. The van der Waals surface area contributed by atoms with Gasteiger partial charge in [-0.2, -0.15) is 0 Å². The van der Waals surface area contributed by atoms with Gasteiger partial charge in [-0.1, -0.05) is 20.3 Å². The predicted molar refractivity (Wildman–Crippen MR) is 90.1 cm³/mol. The first-order valence-electron chi connectivity index (χ1n) is 8.66. The van der Waals surface area contributed by atoms with E-state index in [4.69, 9.17) is 4.98 Å². The molecule has 0 radical (unpaired) electrons. The summed E-state index contributed by atoms with van der Waals surface area (Å²) in [6, 6.07) is 2.79. The van der Waals surface area contributed by atoms with Crippen molar-refractivity contribution in [2.24, 2.45) is 0 Å². The standard InChI is InChI=1S/C17H30N4/c1-4-9-14-11-7-8-12-21(14)17-13-16(18-6-3)19-15(20-17)10-5-2/h13-14H,4-12H2,1-3H3,(H,18,19,20). The fourth-order valence-electron chi connectivity index (χ4n) is 3.17. The Kier molecular flexibility index (Phi) is 6.27. The summed E-state index contributed by atoms with van der Waals surface area (Å²) in [5, 5.41) is 3.35. The molecule has 0 bridgehead atoms. The average molecular weight is 290 g/mol. The first-order chi connectivity index (χ1) is 10.3. The Morgan fingerprint density at radius 2 is 2.05 bits per heavy atom. The van der Waals surface area contributed by atoms with Crippen LogP contribution < -0.4 is 10.2 Å². The van der Waals surface area contributed by atoms with Gasteiger partial charge in [0.15, 0.2) is 0 Å². The van der Waals surface area contributed by atoms with Gasteiger partial charge in [0.1, 0.15) is 17.5 Å². The van der Waals surface area contributed by atoms with Crippen LogP contribution in [0.1, 0.15) is 65.1 Å². The van der Waals surface area contributed by atoms with Gasteiger partial charge in [0.2, 0.25) is 0 Å². The monoisotopic (exact) mass is 290 g/mol. The summed E-state index contributed by atoms with van der Waals surface area (Å²) in [6.45, 7) is 8.62. The molecule has 1 atom stereocenters. The molecule has 1 saturated heterocycles. The minimum Gasteiger partial charge on any atom is -0.370 e. The minimum atomic E-state index is 0.655. The van der Waals surface area contributed by atoms with E-state index in [2.05, 4.69) is 42.0 Å². The summed E-state index contributed by atoms with van der Waals surface area (Å²) < 4.78 is 0. The number of hydrogen-bond acceptors (Lipinski definition) is 4. The SMILES string of the molecule is CCCc1nc(NCC)cc(N2CCCCC2CCC)n1. The van der Waals surface area contributed by atoms with Gasteiger partial charge in [0, 0.05) is 31.6 Å². The van der Waals surface area contributed by atoms with Gasteiger partial charge in [-0.25, -0.2) is 9.97 Å². The Labute approximate surface area is 129 Å². The van der Waals surface area contributed by atoms with Crippen molar-refractivity contribution in [3.63, 3.8) is 0 Å². The molecular weight excluding hydrogens is 260 g/mol. The second-order valence-corrected chi connectivity index (χ2v) is 5.94. The number of aryl methyl sites for hydroxylation is 1. The summed E-state index contributed by atoms with van der Waals surface area (Å²) >= 11 is 0. The molecular formula is C17H30N4. The molecule has 21 heavy (non-hydrogen) atoms. The molecule has 1 unspecified atom stereocenters. The van der Waals surface area contributed by atoms with Crippen molar-refractivity contribution in [1.82, 2.24) is 9.97 Å².